The fraction of sp³-hybridized carbons (Fsp3) is 0.250. The van der Waals surface area contributed by atoms with Gasteiger partial charge in [-0.15, -0.1) is 0 Å². The zero-order valence-corrected chi connectivity index (χ0v) is 9.58. The second-order valence-electron chi connectivity index (χ2n) is 3.62. The second-order valence-corrected chi connectivity index (χ2v) is 3.62. The Bertz CT molecular complexity index is 424. The lowest BCUT2D eigenvalue weighted by atomic mass is 10.1. The summed E-state index contributed by atoms with van der Waals surface area (Å²) < 4.78 is 0. The molecule has 1 rings (SSSR count). The summed E-state index contributed by atoms with van der Waals surface area (Å²) in [6, 6.07) is 5.94. The quantitative estimate of drug-likeness (QED) is 0.667. The van der Waals surface area contributed by atoms with Crippen molar-refractivity contribution in [2.75, 3.05) is 5.32 Å². The van der Waals surface area contributed by atoms with Crippen molar-refractivity contribution in [2.24, 2.45) is 11.5 Å². The Labute approximate surface area is 95.3 Å². The van der Waals surface area contributed by atoms with Crippen LogP contribution < -0.4 is 16.8 Å². The minimum absolute atomic E-state index is 0.249. The number of hydrogen-bond donors (Lipinski definition) is 3. The van der Waals surface area contributed by atoms with Gasteiger partial charge in [0, 0.05) is 11.8 Å². The molecule has 16 heavy (non-hydrogen) atoms. The number of carbonyl (C=O) groups is 1. The van der Waals surface area contributed by atoms with Crippen molar-refractivity contribution in [3.63, 3.8) is 0 Å². The van der Waals surface area contributed by atoms with E-state index in [-0.39, 0.29) is 5.82 Å². The van der Waals surface area contributed by atoms with Gasteiger partial charge in [0.2, 0.25) is 5.91 Å². The van der Waals surface area contributed by atoms with Crippen LogP contribution in [0.2, 0.25) is 0 Å². The van der Waals surface area contributed by atoms with Crippen LogP contribution in [0.1, 0.15) is 18.1 Å². The van der Waals surface area contributed by atoms with Crippen molar-refractivity contribution < 1.29 is 4.79 Å². The number of aryl methyl sites for hydroxylation is 2. The summed E-state index contributed by atoms with van der Waals surface area (Å²) in [7, 11) is 0. The Kier molecular flexibility index (Phi) is 3.94. The van der Waals surface area contributed by atoms with E-state index in [0.29, 0.717) is 0 Å². The average molecular weight is 219 g/mol. The van der Waals surface area contributed by atoms with E-state index in [1.165, 1.54) is 11.1 Å². The van der Waals surface area contributed by atoms with Gasteiger partial charge in [-0.25, -0.2) is 0 Å². The van der Waals surface area contributed by atoms with Crippen LogP contribution in [-0.4, -0.2) is 5.91 Å². The normalized spacial score (nSPS) is 11.2. The number of nitrogens with two attached hydrogens (primary N) is 2. The summed E-state index contributed by atoms with van der Waals surface area (Å²) in [5, 5.41) is 2.91. The number of primary amides is 1. The molecule has 0 aliphatic rings. The van der Waals surface area contributed by atoms with Gasteiger partial charge < -0.3 is 16.8 Å². The molecule has 0 aliphatic heterocycles. The molecule has 86 valence electrons. The molecule has 1 amide bonds. The van der Waals surface area contributed by atoms with E-state index >= 15 is 0 Å². The van der Waals surface area contributed by atoms with Gasteiger partial charge in [-0.05, 0) is 36.6 Å². The first kappa shape index (κ1) is 12.1. The molecule has 0 saturated carbocycles. The number of hydrogen-bond acceptors (Lipinski definition) is 3. The zero-order chi connectivity index (χ0) is 12.1. The molecule has 0 unspecified atom stereocenters. The number of rotatable bonds is 4. The summed E-state index contributed by atoms with van der Waals surface area (Å²) in [4.78, 5) is 10.6. The van der Waals surface area contributed by atoms with Crippen LogP contribution in [0.3, 0.4) is 0 Å². The molecule has 0 saturated heterocycles. The van der Waals surface area contributed by atoms with Crippen LogP contribution in [0, 0.1) is 6.92 Å². The molecule has 1 aromatic rings. The van der Waals surface area contributed by atoms with E-state index in [4.69, 9.17) is 11.5 Å². The topological polar surface area (TPSA) is 81.1 Å². The Morgan fingerprint density at radius 1 is 1.44 bits per heavy atom. The van der Waals surface area contributed by atoms with Crippen LogP contribution in [0.25, 0.3) is 0 Å². The van der Waals surface area contributed by atoms with Crippen molar-refractivity contribution in [3.05, 3.63) is 41.2 Å². The molecule has 5 N–H and O–H groups in total. The molecule has 4 nitrogen and oxygen atoms in total. The highest BCUT2D eigenvalue weighted by Gasteiger charge is 1.99. The molecule has 0 aliphatic carbocycles. The smallest absolute Gasteiger partial charge is 0.245 e. The highest BCUT2D eigenvalue weighted by molar-refractivity contribution is 5.86. The molecule has 4 heteroatoms. The third-order valence-corrected chi connectivity index (χ3v) is 2.32. The van der Waals surface area contributed by atoms with E-state index in [2.05, 4.69) is 19.2 Å². The minimum atomic E-state index is -0.562. The summed E-state index contributed by atoms with van der Waals surface area (Å²) in [6.45, 7) is 4.15. The fourth-order valence-corrected chi connectivity index (χ4v) is 1.49. The van der Waals surface area contributed by atoms with Gasteiger partial charge in [-0.2, -0.15) is 0 Å². The van der Waals surface area contributed by atoms with Gasteiger partial charge in [0.15, 0.2) is 0 Å². The molecule has 0 aromatic heterocycles. The molecule has 0 atom stereocenters. The summed E-state index contributed by atoms with van der Waals surface area (Å²) in [6.07, 6.45) is 2.12. The number of anilines is 1. The molecule has 0 radical (unpaired) electrons. The van der Waals surface area contributed by atoms with Gasteiger partial charge in [-0.1, -0.05) is 13.0 Å². The summed E-state index contributed by atoms with van der Waals surface area (Å²) >= 11 is 0. The molecule has 1 aromatic carbocycles. The van der Waals surface area contributed by atoms with Crippen LogP contribution in [0.15, 0.2) is 30.1 Å². The Morgan fingerprint density at radius 3 is 2.69 bits per heavy atom. The van der Waals surface area contributed by atoms with Crippen molar-refractivity contribution >= 4 is 11.6 Å². The first-order valence-corrected chi connectivity index (χ1v) is 5.16. The first-order valence-electron chi connectivity index (χ1n) is 5.16. The van der Waals surface area contributed by atoms with Gasteiger partial charge in [0.1, 0.15) is 5.82 Å². The van der Waals surface area contributed by atoms with Crippen molar-refractivity contribution in [1.82, 2.24) is 0 Å². The lowest BCUT2D eigenvalue weighted by Crippen LogP contribution is -2.15. The van der Waals surface area contributed by atoms with E-state index in [1.54, 1.807) is 0 Å². The lowest BCUT2D eigenvalue weighted by molar-refractivity contribution is -0.113. The van der Waals surface area contributed by atoms with E-state index in [1.807, 2.05) is 18.2 Å². The lowest BCUT2D eigenvalue weighted by Gasteiger charge is -2.09. The third kappa shape index (κ3) is 3.31. The maximum Gasteiger partial charge on any atom is 0.245 e. The van der Waals surface area contributed by atoms with Crippen molar-refractivity contribution in [3.8, 4) is 0 Å². The van der Waals surface area contributed by atoms with Gasteiger partial charge >= 0.3 is 0 Å². The number of nitrogens with one attached hydrogen (secondary N) is 1. The highest BCUT2D eigenvalue weighted by atomic mass is 16.1. The van der Waals surface area contributed by atoms with Crippen LogP contribution in [0.4, 0.5) is 5.69 Å². The molecule has 0 fully saturated rings. The van der Waals surface area contributed by atoms with Crippen LogP contribution >= 0.6 is 0 Å². The molecule has 0 spiro atoms. The first-order chi connectivity index (χ1) is 7.52. The SMILES string of the molecule is CCc1cc(N/C(N)=C/C(N)=O)ccc1C. The van der Waals surface area contributed by atoms with Crippen molar-refractivity contribution in [2.45, 2.75) is 20.3 Å². The number of amides is 1. The molecular formula is C12H17N3O. The summed E-state index contributed by atoms with van der Waals surface area (Å²) in [5.41, 5.74) is 13.9. The average Bonchev–Trinajstić information content (AvgIpc) is 2.19. The highest BCUT2D eigenvalue weighted by Crippen LogP contribution is 2.16. The Morgan fingerprint density at radius 2 is 2.12 bits per heavy atom. The second kappa shape index (κ2) is 5.21. The summed E-state index contributed by atoms with van der Waals surface area (Å²) in [5.74, 6) is -0.314. The van der Waals surface area contributed by atoms with Gasteiger partial charge in [0.25, 0.3) is 0 Å². The van der Waals surface area contributed by atoms with Crippen LogP contribution in [-0.2, 0) is 11.2 Å². The van der Waals surface area contributed by atoms with Crippen molar-refractivity contribution in [1.29, 1.82) is 0 Å². The predicted octanol–water partition coefficient (Wildman–Crippen LogP) is 1.25. The fourth-order valence-electron chi connectivity index (χ4n) is 1.49. The monoisotopic (exact) mass is 219 g/mol. The third-order valence-electron chi connectivity index (χ3n) is 2.32. The zero-order valence-electron chi connectivity index (χ0n) is 9.58. The minimum Gasteiger partial charge on any atom is -0.385 e. The van der Waals surface area contributed by atoms with E-state index in [0.717, 1.165) is 18.2 Å². The maximum absolute atomic E-state index is 10.6. The number of carbonyl (C=O) groups excluding carboxylic acids is 1. The van der Waals surface area contributed by atoms with E-state index in [9.17, 15) is 4.79 Å². The van der Waals surface area contributed by atoms with Gasteiger partial charge in [-0.3, -0.25) is 4.79 Å². The maximum atomic E-state index is 10.6. The standard InChI is InChI=1S/C12H17N3O/c1-3-9-6-10(5-4-8(9)2)15-11(13)7-12(14)16/h4-7,15H,3,13H2,1-2H3,(H2,14,16)/b11-7+. The van der Waals surface area contributed by atoms with Gasteiger partial charge in [0.05, 0.1) is 0 Å². The molecular weight excluding hydrogens is 202 g/mol. The Balaban J connectivity index is 2.86. The predicted molar refractivity (Wildman–Crippen MR) is 65.6 cm³/mol. The number of benzene rings is 1. The Hall–Kier alpha value is -1.97. The molecule has 0 bridgehead atoms. The van der Waals surface area contributed by atoms with E-state index < -0.39 is 5.91 Å². The largest absolute Gasteiger partial charge is 0.385 e. The van der Waals surface area contributed by atoms with Crippen LogP contribution in [0.5, 0.6) is 0 Å². The molecule has 0 heterocycles.